The van der Waals surface area contributed by atoms with Crippen molar-refractivity contribution in [1.82, 2.24) is 15.0 Å². The van der Waals surface area contributed by atoms with E-state index in [0.717, 1.165) is 48.9 Å². The van der Waals surface area contributed by atoms with Crippen LogP contribution in [0.15, 0.2) is 55.2 Å². The van der Waals surface area contributed by atoms with Gasteiger partial charge in [-0.1, -0.05) is 19.9 Å². The Balaban J connectivity index is 1.56. The Morgan fingerprint density at radius 2 is 1.74 bits per heavy atom. The summed E-state index contributed by atoms with van der Waals surface area (Å²) in [5, 5.41) is 3.10. The molecule has 4 rings (SSSR count). The second kappa shape index (κ2) is 9.12. The molecule has 0 atom stereocenters. The summed E-state index contributed by atoms with van der Waals surface area (Å²) in [7, 11) is 0. The van der Waals surface area contributed by atoms with Crippen LogP contribution in [0.2, 0.25) is 0 Å². The molecule has 0 saturated carbocycles. The number of pyridine rings is 1. The molecule has 0 aliphatic carbocycles. The van der Waals surface area contributed by atoms with Gasteiger partial charge in [-0.25, -0.2) is 4.98 Å². The number of aromatic nitrogens is 3. The van der Waals surface area contributed by atoms with Crippen molar-refractivity contribution < 1.29 is 4.79 Å². The number of nitrogens with zero attached hydrogens (tertiary/aromatic N) is 5. The molecular weight excluding hydrogens is 388 g/mol. The number of hydrogen-bond acceptors (Lipinski definition) is 6. The zero-order valence-electron chi connectivity index (χ0n) is 18.2. The third-order valence-corrected chi connectivity index (χ3v) is 5.57. The largest absolute Gasteiger partial charge is 0.366 e. The smallest absolute Gasteiger partial charge is 0.257 e. The van der Waals surface area contributed by atoms with Gasteiger partial charge in [-0.15, -0.1) is 0 Å². The van der Waals surface area contributed by atoms with Crippen molar-refractivity contribution in [3.8, 4) is 0 Å². The van der Waals surface area contributed by atoms with Gasteiger partial charge in [0.15, 0.2) is 0 Å². The molecule has 1 fully saturated rings. The molecule has 2 aromatic heterocycles. The Labute approximate surface area is 183 Å². The Morgan fingerprint density at radius 1 is 0.968 bits per heavy atom. The number of rotatable bonds is 5. The molecule has 1 saturated heterocycles. The molecular formula is C24H28N6O. The predicted molar refractivity (Wildman–Crippen MR) is 124 cm³/mol. The molecule has 1 aliphatic heterocycles. The van der Waals surface area contributed by atoms with Gasteiger partial charge in [0, 0.05) is 51.0 Å². The van der Waals surface area contributed by atoms with Gasteiger partial charge in [0.2, 0.25) is 0 Å². The number of aryl methyl sites for hydroxylation is 1. The summed E-state index contributed by atoms with van der Waals surface area (Å²) in [6.07, 6.45) is 8.56. The van der Waals surface area contributed by atoms with Crippen molar-refractivity contribution in [2.24, 2.45) is 0 Å². The zero-order chi connectivity index (χ0) is 21.8. The van der Waals surface area contributed by atoms with E-state index in [0.29, 0.717) is 11.5 Å². The van der Waals surface area contributed by atoms with Crippen LogP contribution >= 0.6 is 0 Å². The van der Waals surface area contributed by atoms with E-state index < -0.39 is 0 Å². The van der Waals surface area contributed by atoms with Crippen LogP contribution < -0.4 is 15.1 Å². The summed E-state index contributed by atoms with van der Waals surface area (Å²) in [4.78, 5) is 30.2. The van der Waals surface area contributed by atoms with Gasteiger partial charge in [0.1, 0.15) is 5.82 Å². The van der Waals surface area contributed by atoms with Crippen LogP contribution in [-0.2, 0) is 0 Å². The van der Waals surface area contributed by atoms with E-state index in [1.165, 1.54) is 5.56 Å². The lowest BCUT2D eigenvalue weighted by atomic mass is 10.0. The van der Waals surface area contributed by atoms with Crippen LogP contribution in [0.5, 0.6) is 0 Å². The summed E-state index contributed by atoms with van der Waals surface area (Å²) in [5.74, 6) is 1.16. The average molecular weight is 417 g/mol. The molecule has 160 valence electrons. The fraction of sp³-hybridized carbons (Fsp3) is 0.333. The molecule has 3 heterocycles. The van der Waals surface area contributed by atoms with Crippen LogP contribution in [0.3, 0.4) is 0 Å². The van der Waals surface area contributed by atoms with E-state index in [1.54, 1.807) is 31.0 Å². The van der Waals surface area contributed by atoms with Crippen molar-refractivity contribution in [2.75, 3.05) is 41.3 Å². The zero-order valence-corrected chi connectivity index (χ0v) is 18.2. The van der Waals surface area contributed by atoms with Gasteiger partial charge in [-0.3, -0.25) is 14.8 Å². The summed E-state index contributed by atoms with van der Waals surface area (Å²) in [6.45, 7) is 9.67. The molecule has 1 aliphatic rings. The van der Waals surface area contributed by atoms with E-state index in [2.05, 4.69) is 56.0 Å². The molecule has 0 radical (unpaired) electrons. The van der Waals surface area contributed by atoms with E-state index in [1.807, 2.05) is 19.1 Å². The minimum atomic E-state index is -0.145. The number of benzene rings is 1. The Morgan fingerprint density at radius 3 is 2.42 bits per heavy atom. The maximum absolute atomic E-state index is 12.9. The lowest BCUT2D eigenvalue weighted by Crippen LogP contribution is -2.47. The Bertz CT molecular complexity index is 1040. The van der Waals surface area contributed by atoms with Crippen molar-refractivity contribution in [2.45, 2.75) is 26.7 Å². The lowest BCUT2D eigenvalue weighted by Gasteiger charge is -2.37. The van der Waals surface area contributed by atoms with E-state index in [9.17, 15) is 4.79 Å². The molecule has 31 heavy (non-hydrogen) atoms. The van der Waals surface area contributed by atoms with Gasteiger partial charge in [-0.05, 0) is 42.2 Å². The number of carbonyl (C=O) groups is 1. The molecule has 7 heteroatoms. The second-order valence-electron chi connectivity index (χ2n) is 8.17. The number of hydrogen-bond donors (Lipinski definition) is 1. The highest BCUT2D eigenvalue weighted by atomic mass is 16.1. The lowest BCUT2D eigenvalue weighted by molar-refractivity contribution is 0.102. The summed E-state index contributed by atoms with van der Waals surface area (Å²) < 4.78 is 0. The van der Waals surface area contributed by atoms with Crippen molar-refractivity contribution in [1.29, 1.82) is 0 Å². The van der Waals surface area contributed by atoms with Crippen molar-refractivity contribution >= 4 is 23.1 Å². The monoisotopic (exact) mass is 416 g/mol. The van der Waals surface area contributed by atoms with Gasteiger partial charge >= 0.3 is 0 Å². The summed E-state index contributed by atoms with van der Waals surface area (Å²) in [5.41, 5.74) is 4.65. The highest BCUT2D eigenvalue weighted by Gasteiger charge is 2.22. The molecule has 7 nitrogen and oxygen atoms in total. The number of piperazine rings is 1. The molecule has 0 bridgehead atoms. The van der Waals surface area contributed by atoms with Gasteiger partial charge < -0.3 is 15.1 Å². The predicted octanol–water partition coefficient (Wildman–Crippen LogP) is 3.88. The maximum Gasteiger partial charge on any atom is 0.257 e. The maximum atomic E-state index is 12.9. The minimum absolute atomic E-state index is 0.145. The Hall–Kier alpha value is -3.48. The fourth-order valence-corrected chi connectivity index (χ4v) is 3.78. The van der Waals surface area contributed by atoms with E-state index in [-0.39, 0.29) is 5.91 Å². The van der Waals surface area contributed by atoms with E-state index >= 15 is 0 Å². The molecule has 1 amide bonds. The molecule has 3 aromatic rings. The molecule has 0 unspecified atom stereocenters. The first-order valence-electron chi connectivity index (χ1n) is 10.6. The van der Waals surface area contributed by atoms with Crippen LogP contribution in [-0.4, -0.2) is 47.0 Å². The number of nitrogens with one attached hydrogen (secondary N) is 1. The number of amides is 1. The summed E-state index contributed by atoms with van der Waals surface area (Å²) in [6, 6.07) is 8.16. The van der Waals surface area contributed by atoms with Gasteiger partial charge in [0.25, 0.3) is 5.91 Å². The van der Waals surface area contributed by atoms with E-state index in [4.69, 9.17) is 0 Å². The molecule has 1 N–H and O–H groups in total. The van der Waals surface area contributed by atoms with Crippen LogP contribution in [0, 0.1) is 6.92 Å². The normalized spacial score (nSPS) is 14.1. The number of carbonyl (C=O) groups excluding carboxylic acids is 1. The van der Waals surface area contributed by atoms with Crippen molar-refractivity contribution in [3.63, 3.8) is 0 Å². The highest BCUT2D eigenvalue weighted by Crippen LogP contribution is 2.31. The van der Waals surface area contributed by atoms with Gasteiger partial charge in [0.05, 0.1) is 23.1 Å². The first-order chi connectivity index (χ1) is 15.0. The summed E-state index contributed by atoms with van der Waals surface area (Å²) >= 11 is 0. The molecule has 0 spiro atoms. The third kappa shape index (κ3) is 4.82. The topological polar surface area (TPSA) is 74.2 Å². The van der Waals surface area contributed by atoms with Crippen LogP contribution in [0.1, 0.15) is 41.3 Å². The van der Waals surface area contributed by atoms with Crippen LogP contribution in [0.25, 0.3) is 0 Å². The SMILES string of the molecule is Cc1cncc(C(=O)Nc2ccc(C(C)C)cc2N2CCN(c3cnccn3)CC2)c1. The first-order valence-corrected chi connectivity index (χ1v) is 10.6. The number of anilines is 3. The quantitative estimate of drug-likeness (QED) is 0.680. The van der Waals surface area contributed by atoms with Crippen molar-refractivity contribution in [3.05, 3.63) is 71.9 Å². The second-order valence-corrected chi connectivity index (χ2v) is 8.17. The highest BCUT2D eigenvalue weighted by molar-refractivity contribution is 6.06. The average Bonchev–Trinajstić information content (AvgIpc) is 2.80. The molecule has 1 aromatic carbocycles. The Kier molecular flexibility index (Phi) is 6.11. The third-order valence-electron chi connectivity index (χ3n) is 5.57. The minimum Gasteiger partial charge on any atom is -0.366 e. The fourth-order valence-electron chi connectivity index (χ4n) is 3.78. The van der Waals surface area contributed by atoms with Crippen LogP contribution in [0.4, 0.5) is 17.2 Å². The first kappa shape index (κ1) is 20.8. The standard InChI is InChI=1S/C24H28N6O/c1-17(2)19-4-5-21(28-24(31)20-12-18(3)14-26-15-20)22(13-19)29-8-10-30(11-9-29)23-16-25-6-7-27-23/h4-7,12-17H,8-11H2,1-3H3,(H,28,31). The van der Waals surface area contributed by atoms with Gasteiger partial charge in [-0.2, -0.15) is 0 Å².